The molecule has 4 aromatic rings. The second kappa shape index (κ2) is 24.1. The maximum Gasteiger partial charge on any atom is 0.352 e. The van der Waals surface area contributed by atoms with Gasteiger partial charge in [0.2, 0.25) is 5.91 Å². The Bertz CT molecular complexity index is 1840. The molecule has 6 N–H and O–H groups in total. The summed E-state index contributed by atoms with van der Waals surface area (Å²) >= 11 is 5.83. The van der Waals surface area contributed by atoms with Crippen LogP contribution in [0.25, 0.3) is 10.9 Å². The number of ether oxygens (including phenoxy) is 1. The van der Waals surface area contributed by atoms with Gasteiger partial charge in [0.05, 0.1) is 17.4 Å². The number of aryl methyl sites for hydroxylation is 1. The van der Waals surface area contributed by atoms with Crippen molar-refractivity contribution in [1.82, 2.24) is 4.98 Å². The number of rotatable bonds is 19. The van der Waals surface area contributed by atoms with E-state index in [1.807, 2.05) is 13.8 Å². The number of para-hydroxylation sites is 2. The molecule has 1 aromatic heterocycles. The van der Waals surface area contributed by atoms with Crippen LogP contribution >= 0.6 is 11.6 Å². The van der Waals surface area contributed by atoms with E-state index in [1.54, 1.807) is 54.6 Å². The maximum atomic E-state index is 11.9. The average molecular weight is 767 g/mol. The van der Waals surface area contributed by atoms with Crippen LogP contribution in [0, 0.1) is 0 Å². The zero-order valence-corrected chi connectivity index (χ0v) is 31.8. The van der Waals surface area contributed by atoms with Crippen molar-refractivity contribution in [1.29, 1.82) is 0 Å². The summed E-state index contributed by atoms with van der Waals surface area (Å²) in [6, 6.07) is 18.1. The van der Waals surface area contributed by atoms with Crippen LogP contribution in [-0.4, -0.2) is 61.3 Å². The third-order valence-electron chi connectivity index (χ3n) is 8.09. The number of aromatic amines is 1. The Kier molecular flexibility index (Phi) is 20.0. The number of carboxylic acids is 4. The molecule has 292 valence electrons. The molecule has 0 spiro atoms. The Hall–Kier alpha value is -5.36. The normalized spacial score (nSPS) is 10.5. The van der Waals surface area contributed by atoms with Crippen LogP contribution in [-0.2, 0) is 16.0 Å². The highest BCUT2D eigenvalue weighted by atomic mass is 35.5. The van der Waals surface area contributed by atoms with E-state index in [0.29, 0.717) is 39.3 Å². The van der Waals surface area contributed by atoms with Crippen molar-refractivity contribution in [2.75, 3.05) is 5.32 Å². The number of carbonyl (C=O) groups is 5. The smallest absolute Gasteiger partial charge is 0.352 e. The minimum Gasteiger partial charge on any atom is -0.490 e. The highest BCUT2D eigenvalue weighted by Crippen LogP contribution is 2.27. The number of amides is 1. The van der Waals surface area contributed by atoms with Crippen molar-refractivity contribution in [3.63, 3.8) is 0 Å². The van der Waals surface area contributed by atoms with Crippen LogP contribution in [0.15, 0.2) is 66.7 Å². The fraction of sp³-hybridized carbons (Fsp3) is 0.390. The molecule has 0 aliphatic heterocycles. The van der Waals surface area contributed by atoms with Gasteiger partial charge in [0.15, 0.2) is 0 Å². The number of aromatic carboxylic acids is 3. The molecule has 0 aliphatic rings. The van der Waals surface area contributed by atoms with E-state index >= 15 is 0 Å². The third kappa shape index (κ3) is 16.1. The summed E-state index contributed by atoms with van der Waals surface area (Å²) in [4.78, 5) is 58.1. The number of fused-ring (bicyclic) bond motifs is 1. The topological polar surface area (TPSA) is 203 Å². The molecule has 1 heterocycles. The van der Waals surface area contributed by atoms with Crippen molar-refractivity contribution in [3.8, 4) is 5.75 Å². The first kappa shape index (κ1) is 44.8. The van der Waals surface area contributed by atoms with Gasteiger partial charge in [-0.3, -0.25) is 9.59 Å². The molecule has 3 aromatic carbocycles. The number of carboxylic acid groups (broad SMARTS) is 4. The fourth-order valence-electron chi connectivity index (χ4n) is 5.49. The monoisotopic (exact) mass is 766 g/mol. The molecule has 13 heteroatoms. The Balaban J connectivity index is 0.000000291. The number of aliphatic carboxylic acids is 1. The van der Waals surface area contributed by atoms with Crippen molar-refractivity contribution in [2.45, 2.75) is 104 Å². The third-order valence-corrected chi connectivity index (χ3v) is 8.33. The van der Waals surface area contributed by atoms with Crippen LogP contribution in [0.3, 0.4) is 0 Å². The Morgan fingerprint density at radius 2 is 1.30 bits per heavy atom. The molecular weight excluding hydrogens is 716 g/mol. The number of anilines is 1. The predicted molar refractivity (Wildman–Crippen MR) is 209 cm³/mol. The van der Waals surface area contributed by atoms with Gasteiger partial charge in [-0.1, -0.05) is 100 Å². The number of carbonyl (C=O) groups excluding carboxylic acids is 1. The van der Waals surface area contributed by atoms with Crippen molar-refractivity contribution < 1.29 is 49.1 Å². The molecule has 0 fully saturated rings. The fourth-order valence-corrected chi connectivity index (χ4v) is 5.66. The SMILES string of the molecule is CC(C)Oc1ccccc1C(=O)O.CCCCCCCCCCCC(=O)Nc1ccccc1C(=O)O.O=C(O)CCc1c(C(=O)O)[nH]c2cc(Cl)ccc12. The molecule has 0 bridgehead atoms. The molecular formula is C41H51ClN2O10. The van der Waals surface area contributed by atoms with Crippen LogP contribution < -0.4 is 10.1 Å². The van der Waals surface area contributed by atoms with Gasteiger partial charge in [-0.05, 0) is 68.7 Å². The summed E-state index contributed by atoms with van der Waals surface area (Å²) in [6.07, 6.45) is 11.4. The van der Waals surface area contributed by atoms with Crippen molar-refractivity contribution >= 4 is 58.0 Å². The molecule has 4 rings (SSSR count). The number of nitrogens with one attached hydrogen (secondary N) is 2. The summed E-state index contributed by atoms with van der Waals surface area (Å²) in [5.41, 5.74) is 1.83. The van der Waals surface area contributed by atoms with E-state index in [1.165, 1.54) is 57.1 Å². The van der Waals surface area contributed by atoms with Gasteiger partial charge in [-0.2, -0.15) is 0 Å². The predicted octanol–water partition coefficient (Wildman–Crippen LogP) is 9.95. The van der Waals surface area contributed by atoms with E-state index in [2.05, 4.69) is 17.2 Å². The summed E-state index contributed by atoms with van der Waals surface area (Å²) in [7, 11) is 0. The Morgan fingerprint density at radius 1 is 0.722 bits per heavy atom. The van der Waals surface area contributed by atoms with Gasteiger partial charge < -0.3 is 35.5 Å². The van der Waals surface area contributed by atoms with Gasteiger partial charge in [0, 0.05) is 28.8 Å². The van der Waals surface area contributed by atoms with Gasteiger partial charge in [0.25, 0.3) is 0 Å². The van der Waals surface area contributed by atoms with E-state index in [-0.39, 0.29) is 41.7 Å². The number of aromatic nitrogens is 1. The van der Waals surface area contributed by atoms with Crippen LogP contribution in [0.4, 0.5) is 5.69 Å². The molecule has 0 saturated carbocycles. The molecule has 0 saturated heterocycles. The highest BCUT2D eigenvalue weighted by molar-refractivity contribution is 6.31. The number of H-pyrrole nitrogens is 1. The van der Waals surface area contributed by atoms with E-state index in [4.69, 9.17) is 36.8 Å². The Labute approximate surface area is 320 Å². The summed E-state index contributed by atoms with van der Waals surface area (Å²) in [5, 5.41) is 39.5. The second-order valence-corrected chi connectivity index (χ2v) is 13.2. The number of hydrogen-bond acceptors (Lipinski definition) is 6. The van der Waals surface area contributed by atoms with E-state index in [9.17, 15) is 24.0 Å². The standard InChI is InChI=1S/C19H29NO3.C12H10ClNO4.C10H12O3/c1-2-3-4-5-6-7-8-9-10-15-18(21)20-17-14-12-11-13-16(17)19(22)23;13-6-1-2-7-8(3-4-10(15)16)11(12(17)18)14-9(7)5-6;1-7(2)13-9-6-4-3-5-8(9)10(11)12/h11-14H,2-10,15H2,1H3,(H,20,21)(H,22,23);1-2,5,14H,3-4H2,(H,15,16)(H,17,18);3-7H,1-2H3,(H,11,12). The quantitative estimate of drug-likeness (QED) is 0.0498. The maximum absolute atomic E-state index is 11.9. The zero-order valence-electron chi connectivity index (χ0n) is 31.0. The number of hydrogen-bond donors (Lipinski definition) is 6. The van der Waals surface area contributed by atoms with Gasteiger partial charge >= 0.3 is 23.9 Å². The highest BCUT2D eigenvalue weighted by Gasteiger charge is 2.18. The van der Waals surface area contributed by atoms with E-state index < -0.39 is 23.9 Å². The summed E-state index contributed by atoms with van der Waals surface area (Å²) in [5.74, 6) is -3.75. The first-order chi connectivity index (χ1) is 25.7. The lowest BCUT2D eigenvalue weighted by Gasteiger charge is -2.11. The van der Waals surface area contributed by atoms with Crippen molar-refractivity contribution in [2.24, 2.45) is 0 Å². The number of unbranched alkanes of at least 4 members (excludes halogenated alkanes) is 8. The second-order valence-electron chi connectivity index (χ2n) is 12.8. The largest absolute Gasteiger partial charge is 0.490 e. The van der Waals surface area contributed by atoms with Gasteiger partial charge in [0.1, 0.15) is 17.0 Å². The van der Waals surface area contributed by atoms with Crippen LogP contribution in [0.5, 0.6) is 5.75 Å². The molecule has 54 heavy (non-hydrogen) atoms. The lowest BCUT2D eigenvalue weighted by atomic mass is 10.1. The lowest BCUT2D eigenvalue weighted by Crippen LogP contribution is -2.14. The van der Waals surface area contributed by atoms with Crippen LogP contribution in [0.1, 0.15) is 128 Å². The minimum atomic E-state index is -1.11. The lowest BCUT2D eigenvalue weighted by molar-refractivity contribution is -0.137. The summed E-state index contributed by atoms with van der Waals surface area (Å²) < 4.78 is 5.33. The van der Waals surface area contributed by atoms with E-state index in [0.717, 1.165) is 12.8 Å². The minimum absolute atomic E-state index is 0.0134. The molecule has 0 radical (unpaired) electrons. The average Bonchev–Trinajstić information content (AvgIpc) is 3.48. The molecule has 0 aliphatic carbocycles. The first-order valence-electron chi connectivity index (χ1n) is 18.1. The van der Waals surface area contributed by atoms with Crippen LogP contribution in [0.2, 0.25) is 5.02 Å². The molecule has 12 nitrogen and oxygen atoms in total. The van der Waals surface area contributed by atoms with Gasteiger partial charge in [-0.15, -0.1) is 0 Å². The van der Waals surface area contributed by atoms with Crippen molar-refractivity contribution in [3.05, 3.63) is 94.1 Å². The number of benzene rings is 3. The molecule has 1 amide bonds. The number of halogens is 1. The zero-order chi connectivity index (χ0) is 40.0. The molecule has 0 unspecified atom stereocenters. The van der Waals surface area contributed by atoms with Gasteiger partial charge in [-0.25, -0.2) is 14.4 Å². The molecule has 0 atom stereocenters. The first-order valence-corrected chi connectivity index (χ1v) is 18.5. The summed E-state index contributed by atoms with van der Waals surface area (Å²) in [6.45, 7) is 5.94. The Morgan fingerprint density at radius 3 is 1.87 bits per heavy atom.